The van der Waals surface area contributed by atoms with Gasteiger partial charge in [-0.15, -0.1) is 0 Å². The minimum absolute atomic E-state index is 0.822. The molecule has 2 aromatic carbocycles. The van der Waals surface area contributed by atoms with E-state index in [1.165, 1.54) is 0 Å². The molecule has 0 aliphatic carbocycles. The highest BCUT2D eigenvalue weighted by Crippen LogP contribution is 2.31. The van der Waals surface area contributed by atoms with Gasteiger partial charge in [0, 0.05) is 0 Å². The zero-order valence-electron chi connectivity index (χ0n) is 9.13. The van der Waals surface area contributed by atoms with E-state index in [9.17, 15) is 0 Å². The number of methoxy groups -OCH3 is 1. The second-order valence-electron chi connectivity index (χ2n) is 3.38. The summed E-state index contributed by atoms with van der Waals surface area (Å²) in [6.07, 6.45) is 0. The van der Waals surface area contributed by atoms with Crippen molar-refractivity contribution >= 4 is 26.0 Å². The molecule has 0 amide bonds. The van der Waals surface area contributed by atoms with Crippen LogP contribution >= 0.6 is 7.80 Å². The van der Waals surface area contributed by atoms with Gasteiger partial charge in [0.2, 0.25) is 0 Å². The van der Waals surface area contributed by atoms with Gasteiger partial charge >= 0.3 is 0 Å². The molecule has 2 aromatic rings. The Morgan fingerprint density at radius 1 is 0.938 bits per heavy atom. The van der Waals surface area contributed by atoms with Crippen molar-refractivity contribution in [2.45, 2.75) is 0 Å². The predicted molar refractivity (Wildman–Crippen MR) is 71.4 cm³/mol. The van der Waals surface area contributed by atoms with E-state index in [4.69, 9.17) is 12.3 Å². The van der Waals surface area contributed by atoms with Crippen molar-refractivity contribution in [3.63, 3.8) is 0 Å². The van der Waals surface area contributed by atoms with Gasteiger partial charge < -0.3 is 20.1 Å². The topological polar surface area (TPSA) is 9.23 Å². The maximum atomic E-state index is 6.28. The van der Waals surface area contributed by atoms with E-state index < -0.39 is 7.80 Å². The lowest BCUT2D eigenvalue weighted by Gasteiger charge is -2.29. The van der Waals surface area contributed by atoms with Crippen LogP contribution in [0, 0.1) is 0 Å². The Hall–Kier alpha value is -1.27. The van der Waals surface area contributed by atoms with Gasteiger partial charge in [-0.05, 0) is 11.4 Å². The van der Waals surface area contributed by atoms with Crippen molar-refractivity contribution in [3.05, 3.63) is 54.6 Å². The lowest BCUT2D eigenvalue weighted by Crippen LogP contribution is -2.13. The largest absolute Gasteiger partial charge is 0.567 e. The van der Waals surface area contributed by atoms with Gasteiger partial charge in [0.25, 0.3) is 0 Å². The van der Waals surface area contributed by atoms with Crippen molar-refractivity contribution < 1.29 is 4.74 Å². The van der Waals surface area contributed by atoms with Gasteiger partial charge in [0.1, 0.15) is 5.75 Å². The van der Waals surface area contributed by atoms with Crippen LogP contribution in [0.4, 0.5) is 0 Å². The molecule has 0 saturated carbocycles. The fourth-order valence-electron chi connectivity index (χ4n) is 1.56. The van der Waals surface area contributed by atoms with Crippen LogP contribution in [0.3, 0.4) is 0 Å². The average Bonchev–Trinajstić information content (AvgIpc) is 2.39. The molecule has 79 valence electrons. The highest BCUT2D eigenvalue weighted by Gasteiger charge is 2.02. The first kappa shape index (κ1) is 11.2. The molecule has 16 heavy (non-hydrogen) atoms. The number of rotatable bonds is 3. The van der Waals surface area contributed by atoms with E-state index in [1.807, 2.05) is 42.5 Å². The summed E-state index contributed by atoms with van der Waals surface area (Å²) >= 11 is 0. The highest BCUT2D eigenvalue weighted by molar-refractivity contribution is 7.94. The third-order valence-electron chi connectivity index (χ3n) is 2.38. The van der Waals surface area contributed by atoms with Gasteiger partial charge in [-0.2, -0.15) is 0 Å². The Labute approximate surface area is 98.6 Å². The van der Waals surface area contributed by atoms with Crippen LogP contribution in [0.1, 0.15) is 0 Å². The Kier molecular flexibility index (Phi) is 3.64. The summed E-state index contributed by atoms with van der Waals surface area (Å²) in [6, 6.07) is 18.0. The van der Waals surface area contributed by atoms with Gasteiger partial charge in [-0.1, -0.05) is 53.8 Å². The first-order valence-electron chi connectivity index (χ1n) is 5.06. The van der Waals surface area contributed by atoms with E-state index in [1.54, 1.807) is 7.11 Å². The van der Waals surface area contributed by atoms with Gasteiger partial charge in [-0.25, -0.2) is 0 Å². The van der Waals surface area contributed by atoms with Gasteiger partial charge in [-0.3, -0.25) is 0 Å². The monoisotopic (exact) mass is 226 g/mol. The molecule has 3 radical (unpaired) electrons. The van der Waals surface area contributed by atoms with Crippen LogP contribution in [0.15, 0.2) is 54.6 Å². The molecule has 0 aliphatic heterocycles. The second kappa shape index (κ2) is 5.18. The Morgan fingerprint density at radius 2 is 1.56 bits per heavy atom. The summed E-state index contributed by atoms with van der Waals surface area (Å²) in [4.78, 5) is 0. The molecule has 1 nitrogen and oxygen atoms in total. The number of ether oxygens (including phenoxy) is 1. The van der Waals surface area contributed by atoms with E-state index in [0.717, 1.165) is 16.4 Å². The second-order valence-corrected chi connectivity index (χ2v) is 5.12. The summed E-state index contributed by atoms with van der Waals surface area (Å²) in [5, 5.41) is 2.23. The lowest BCUT2D eigenvalue weighted by molar-refractivity contribution is 0.418. The third kappa shape index (κ3) is 2.28. The van der Waals surface area contributed by atoms with Gasteiger partial charge in [0.15, 0.2) is 0 Å². The lowest BCUT2D eigenvalue weighted by atomic mass is 10.3. The van der Waals surface area contributed by atoms with Crippen LogP contribution in [-0.2, 0) is 0 Å². The normalized spacial score (nSPS) is 12.1. The highest BCUT2D eigenvalue weighted by atomic mass is 31.1. The van der Waals surface area contributed by atoms with Gasteiger partial charge in [0.05, 0.1) is 7.11 Å². The molecular weight excluding hydrogens is 214 g/mol. The predicted octanol–water partition coefficient (Wildman–Crippen LogP) is 2.21. The smallest absolute Gasteiger partial charge is 0.123 e. The van der Waals surface area contributed by atoms with Crippen molar-refractivity contribution in [3.8, 4) is 5.75 Å². The number of hydrogen-bond donors (Lipinski definition) is 0. The van der Waals surface area contributed by atoms with Crippen LogP contribution in [-0.4, -0.2) is 14.7 Å². The average molecular weight is 226 g/mol. The van der Waals surface area contributed by atoms with Crippen molar-refractivity contribution in [1.29, 1.82) is 0 Å². The van der Waals surface area contributed by atoms with E-state index in [-0.39, 0.29) is 0 Å². The number of hydrogen-bond acceptors (Lipinski definition) is 1. The van der Waals surface area contributed by atoms with Crippen molar-refractivity contribution in [1.82, 2.24) is 0 Å². The standard InChI is InChI=1S/C13H12BOP/c1-15-12-9-5-6-10-13(12)16(14)11-7-3-2-4-8-11/h2-10H,1H3/q-1. The van der Waals surface area contributed by atoms with E-state index in [2.05, 4.69) is 12.1 Å². The van der Waals surface area contributed by atoms with Crippen LogP contribution < -0.4 is 15.3 Å². The summed E-state index contributed by atoms with van der Waals surface area (Å²) in [5.41, 5.74) is 0. The molecule has 0 bridgehead atoms. The van der Waals surface area contributed by atoms with Crippen LogP contribution in [0.25, 0.3) is 0 Å². The van der Waals surface area contributed by atoms with Crippen LogP contribution in [0.5, 0.6) is 5.75 Å². The Morgan fingerprint density at radius 3 is 2.25 bits per heavy atom. The zero-order valence-corrected chi connectivity index (χ0v) is 10.0. The van der Waals surface area contributed by atoms with Crippen molar-refractivity contribution in [2.24, 2.45) is 0 Å². The molecule has 0 N–H and O–H groups in total. The summed E-state index contributed by atoms with van der Waals surface area (Å²) < 4.78 is 5.32. The summed E-state index contributed by atoms with van der Waals surface area (Å²) in [7, 11) is 7.13. The molecular formula is C13H12BOP-. The molecule has 0 heterocycles. The molecule has 0 aromatic heterocycles. The molecule has 1 atom stereocenters. The molecule has 2 rings (SSSR count). The minimum Gasteiger partial charge on any atom is -0.567 e. The Bertz CT molecular complexity index is 458. The quantitative estimate of drug-likeness (QED) is 0.575. The van der Waals surface area contributed by atoms with Crippen molar-refractivity contribution in [2.75, 3.05) is 7.11 Å². The first-order valence-corrected chi connectivity index (χ1v) is 6.47. The first-order chi connectivity index (χ1) is 7.83. The maximum Gasteiger partial charge on any atom is 0.123 e. The number of benzene rings is 2. The Balaban J connectivity index is 2.37. The zero-order chi connectivity index (χ0) is 11.4. The van der Waals surface area contributed by atoms with E-state index >= 15 is 0 Å². The summed E-state index contributed by atoms with van der Waals surface area (Å²) in [5.74, 6) is 0.861. The minimum atomic E-state index is -0.822. The third-order valence-corrected chi connectivity index (χ3v) is 4.12. The molecule has 0 spiro atoms. The fraction of sp³-hybridized carbons (Fsp3) is 0.0769. The molecule has 1 unspecified atom stereocenters. The molecule has 0 fully saturated rings. The van der Waals surface area contributed by atoms with E-state index in [0.29, 0.717) is 0 Å². The maximum absolute atomic E-state index is 6.28. The fourth-order valence-corrected chi connectivity index (χ4v) is 2.98. The molecule has 3 heteroatoms. The number of para-hydroxylation sites is 1. The molecule has 0 saturated heterocycles. The summed E-state index contributed by atoms with van der Waals surface area (Å²) in [6.45, 7) is 0. The SMILES string of the molecule is [B-]P(c1ccccc1)c1ccccc1OC. The van der Waals surface area contributed by atoms with Crippen LogP contribution in [0.2, 0.25) is 0 Å². The molecule has 0 aliphatic rings.